The van der Waals surface area contributed by atoms with E-state index >= 15 is 0 Å². The molecule has 0 spiro atoms. The molecule has 1 rings (SSSR count). The lowest BCUT2D eigenvalue weighted by molar-refractivity contribution is 0.287. The average Bonchev–Trinajstić information content (AvgIpc) is 2.86. The fourth-order valence-electron chi connectivity index (χ4n) is 1.61. The van der Waals surface area contributed by atoms with E-state index in [-0.39, 0.29) is 0 Å². The second-order valence-corrected chi connectivity index (χ2v) is 3.86. The summed E-state index contributed by atoms with van der Waals surface area (Å²) in [5.74, 6) is 0.971. The average molecular weight is 170 g/mol. The van der Waals surface area contributed by atoms with Crippen LogP contribution in [0.5, 0.6) is 0 Å². The third-order valence-corrected chi connectivity index (χ3v) is 2.71. The van der Waals surface area contributed by atoms with Crippen molar-refractivity contribution in [3.8, 4) is 0 Å². The maximum atomic E-state index is 3.57. The maximum Gasteiger partial charge on any atom is 0.0222 e. The first-order valence-electron chi connectivity index (χ1n) is 5.19. The highest BCUT2D eigenvalue weighted by molar-refractivity contribution is 4.87. The fourth-order valence-corrected chi connectivity index (χ4v) is 1.61. The number of hydrogen-bond acceptors (Lipinski definition) is 2. The minimum absolute atomic E-state index is 0.750. The third kappa shape index (κ3) is 3.11. The lowest BCUT2D eigenvalue weighted by Gasteiger charge is -2.23. The highest BCUT2D eigenvalue weighted by Gasteiger charge is 2.30. The minimum atomic E-state index is 0.750. The summed E-state index contributed by atoms with van der Waals surface area (Å²) in [6.45, 7) is 7.90. The molecule has 0 radical (unpaired) electrons. The normalized spacial score (nSPS) is 20.0. The van der Waals surface area contributed by atoms with E-state index in [4.69, 9.17) is 0 Å². The molecule has 72 valence electrons. The van der Waals surface area contributed by atoms with E-state index in [0.29, 0.717) is 0 Å². The topological polar surface area (TPSA) is 15.3 Å². The van der Waals surface area contributed by atoms with Crippen molar-refractivity contribution in [1.82, 2.24) is 10.2 Å². The molecule has 1 aliphatic carbocycles. The summed E-state index contributed by atoms with van der Waals surface area (Å²) in [5, 5.41) is 3.57. The van der Waals surface area contributed by atoms with Gasteiger partial charge >= 0.3 is 0 Å². The quantitative estimate of drug-likeness (QED) is 0.647. The number of likely N-dealkylation sites (N-methyl/N-ethyl adjacent to an activating group) is 2. The number of rotatable bonds is 6. The van der Waals surface area contributed by atoms with Gasteiger partial charge in [-0.2, -0.15) is 0 Å². The lowest BCUT2D eigenvalue weighted by atomic mass is 10.2. The van der Waals surface area contributed by atoms with Crippen molar-refractivity contribution in [2.24, 2.45) is 5.92 Å². The molecule has 12 heavy (non-hydrogen) atoms. The van der Waals surface area contributed by atoms with Crippen LogP contribution in [0.1, 0.15) is 26.7 Å². The Hall–Kier alpha value is -0.0800. The molecule has 2 nitrogen and oxygen atoms in total. The zero-order chi connectivity index (χ0) is 8.97. The predicted octanol–water partition coefficient (Wildman–Crippen LogP) is 1.33. The van der Waals surface area contributed by atoms with E-state index in [1.807, 2.05) is 0 Å². The molecule has 1 N–H and O–H groups in total. The number of nitrogens with one attached hydrogen (secondary N) is 1. The molecule has 1 fully saturated rings. The van der Waals surface area contributed by atoms with Crippen LogP contribution in [0.2, 0.25) is 0 Å². The van der Waals surface area contributed by atoms with Gasteiger partial charge in [0.15, 0.2) is 0 Å². The minimum Gasteiger partial charge on any atom is -0.313 e. The second-order valence-electron chi connectivity index (χ2n) is 3.86. The Bertz CT molecular complexity index is 121. The van der Waals surface area contributed by atoms with Gasteiger partial charge in [-0.3, -0.25) is 0 Å². The summed E-state index contributed by atoms with van der Waals surface area (Å²) in [6.07, 6.45) is 2.88. The summed E-state index contributed by atoms with van der Waals surface area (Å²) in [4.78, 5) is 2.39. The van der Waals surface area contributed by atoms with Gasteiger partial charge in [-0.25, -0.2) is 0 Å². The van der Waals surface area contributed by atoms with Gasteiger partial charge in [0.2, 0.25) is 0 Å². The lowest BCUT2D eigenvalue weighted by Crippen LogP contribution is -2.40. The SMILES string of the molecule is CCNC(CN(C)CC)C1CC1. The highest BCUT2D eigenvalue weighted by atomic mass is 15.1. The van der Waals surface area contributed by atoms with Crippen molar-refractivity contribution in [3.05, 3.63) is 0 Å². The first kappa shape index (κ1) is 10.0. The number of hydrogen-bond donors (Lipinski definition) is 1. The molecule has 0 aromatic heterocycles. The standard InChI is InChI=1S/C10H22N2/c1-4-11-10(9-6-7-9)8-12(3)5-2/h9-11H,4-8H2,1-3H3. The first-order valence-corrected chi connectivity index (χ1v) is 5.19. The molecular weight excluding hydrogens is 148 g/mol. The molecule has 0 heterocycles. The Balaban J connectivity index is 2.22. The van der Waals surface area contributed by atoms with Crippen LogP contribution in [0.15, 0.2) is 0 Å². The van der Waals surface area contributed by atoms with Crippen LogP contribution < -0.4 is 5.32 Å². The van der Waals surface area contributed by atoms with Crippen LogP contribution in [0.4, 0.5) is 0 Å². The van der Waals surface area contributed by atoms with E-state index in [1.54, 1.807) is 0 Å². The van der Waals surface area contributed by atoms with Crippen molar-refractivity contribution in [2.75, 3.05) is 26.7 Å². The molecule has 0 aliphatic heterocycles. The van der Waals surface area contributed by atoms with Gasteiger partial charge < -0.3 is 10.2 Å². The van der Waals surface area contributed by atoms with Crippen LogP contribution >= 0.6 is 0 Å². The van der Waals surface area contributed by atoms with Gasteiger partial charge in [0.1, 0.15) is 0 Å². The Morgan fingerprint density at radius 3 is 2.50 bits per heavy atom. The molecular formula is C10H22N2. The molecule has 0 aromatic carbocycles. The Morgan fingerprint density at radius 2 is 2.08 bits per heavy atom. The highest BCUT2D eigenvalue weighted by Crippen LogP contribution is 2.32. The van der Waals surface area contributed by atoms with E-state index < -0.39 is 0 Å². The van der Waals surface area contributed by atoms with Crippen molar-refractivity contribution in [2.45, 2.75) is 32.7 Å². The van der Waals surface area contributed by atoms with Crippen LogP contribution in [0, 0.1) is 5.92 Å². The third-order valence-electron chi connectivity index (χ3n) is 2.71. The summed E-state index contributed by atoms with van der Waals surface area (Å²) in [5.41, 5.74) is 0. The summed E-state index contributed by atoms with van der Waals surface area (Å²) in [6, 6.07) is 0.750. The molecule has 1 atom stereocenters. The van der Waals surface area contributed by atoms with Gasteiger partial charge in [0.05, 0.1) is 0 Å². The molecule has 0 amide bonds. The summed E-state index contributed by atoms with van der Waals surface area (Å²) >= 11 is 0. The summed E-state index contributed by atoms with van der Waals surface area (Å²) in [7, 11) is 2.20. The van der Waals surface area contributed by atoms with Crippen LogP contribution in [0.25, 0.3) is 0 Å². The van der Waals surface area contributed by atoms with Gasteiger partial charge in [-0.15, -0.1) is 0 Å². The molecule has 1 aliphatic rings. The molecule has 0 bridgehead atoms. The van der Waals surface area contributed by atoms with Gasteiger partial charge in [0, 0.05) is 12.6 Å². The molecule has 0 aromatic rings. The maximum absolute atomic E-state index is 3.57. The first-order chi connectivity index (χ1) is 5.77. The van der Waals surface area contributed by atoms with Gasteiger partial charge in [-0.1, -0.05) is 13.8 Å². The smallest absolute Gasteiger partial charge is 0.0222 e. The Morgan fingerprint density at radius 1 is 1.42 bits per heavy atom. The Kier molecular flexibility index (Phi) is 4.02. The second kappa shape index (κ2) is 4.83. The van der Waals surface area contributed by atoms with Gasteiger partial charge in [0.25, 0.3) is 0 Å². The van der Waals surface area contributed by atoms with Gasteiger partial charge in [-0.05, 0) is 38.9 Å². The van der Waals surface area contributed by atoms with E-state index in [2.05, 4.69) is 31.1 Å². The zero-order valence-corrected chi connectivity index (χ0v) is 8.64. The molecule has 2 heteroatoms. The van der Waals surface area contributed by atoms with E-state index in [1.165, 1.54) is 19.4 Å². The predicted molar refractivity (Wildman–Crippen MR) is 53.4 cm³/mol. The summed E-state index contributed by atoms with van der Waals surface area (Å²) < 4.78 is 0. The van der Waals surface area contributed by atoms with Crippen LogP contribution in [-0.4, -0.2) is 37.6 Å². The molecule has 1 saturated carbocycles. The largest absolute Gasteiger partial charge is 0.313 e. The van der Waals surface area contributed by atoms with Crippen molar-refractivity contribution in [3.63, 3.8) is 0 Å². The number of nitrogens with zero attached hydrogens (tertiary/aromatic N) is 1. The van der Waals surface area contributed by atoms with Crippen molar-refractivity contribution in [1.29, 1.82) is 0 Å². The van der Waals surface area contributed by atoms with E-state index in [0.717, 1.165) is 25.0 Å². The zero-order valence-electron chi connectivity index (χ0n) is 8.64. The van der Waals surface area contributed by atoms with E-state index in [9.17, 15) is 0 Å². The van der Waals surface area contributed by atoms with Crippen LogP contribution in [0.3, 0.4) is 0 Å². The molecule has 0 saturated heterocycles. The monoisotopic (exact) mass is 170 g/mol. The van der Waals surface area contributed by atoms with Crippen molar-refractivity contribution >= 4 is 0 Å². The Labute approximate surface area is 76.3 Å². The fraction of sp³-hybridized carbons (Fsp3) is 1.00. The molecule has 1 unspecified atom stereocenters. The van der Waals surface area contributed by atoms with Crippen LogP contribution in [-0.2, 0) is 0 Å². The van der Waals surface area contributed by atoms with Crippen molar-refractivity contribution < 1.29 is 0 Å².